The first kappa shape index (κ1) is 27.7. The molecule has 1 N–H and O–H groups in total. The molecule has 1 nitrogen and oxygen atoms in total. The summed E-state index contributed by atoms with van der Waals surface area (Å²) in [7, 11) is 0. The molecule has 0 atom stereocenters. The van der Waals surface area contributed by atoms with Crippen molar-refractivity contribution in [1.82, 2.24) is 4.98 Å². The second-order valence-electron chi connectivity index (χ2n) is 7.25. The summed E-state index contributed by atoms with van der Waals surface area (Å²) in [6, 6.07) is 9.04. The number of rotatable bonds is 6. The molecule has 0 saturated heterocycles. The molecule has 0 spiro atoms. The van der Waals surface area contributed by atoms with E-state index in [0.29, 0.717) is 0 Å². The normalized spacial score (nSPS) is 12.0. The second kappa shape index (κ2) is 14.0. The highest BCUT2D eigenvalue weighted by Crippen LogP contribution is 2.34. The maximum atomic E-state index is 4.01. The molecule has 0 amide bonds. The van der Waals surface area contributed by atoms with Crippen molar-refractivity contribution in [2.24, 2.45) is 0 Å². The fraction of sp³-hybridized carbons (Fsp3) is 0.250. The molecular formula is C32H41N. The average Bonchev–Trinajstić information content (AvgIpc) is 3.23. The predicted octanol–water partition coefficient (Wildman–Crippen LogP) is 10.3. The lowest BCUT2D eigenvalue weighted by Gasteiger charge is -2.07. The van der Waals surface area contributed by atoms with Gasteiger partial charge in [0, 0.05) is 21.8 Å². The first-order valence-corrected chi connectivity index (χ1v) is 12.0. The molecule has 0 aliphatic carbocycles. The Bertz CT molecular complexity index is 1210. The number of nitrogens with one attached hydrogen (secondary N) is 1. The smallest absolute Gasteiger partial charge is 0.0495 e. The molecule has 0 aliphatic rings. The highest BCUT2D eigenvalue weighted by molar-refractivity contribution is 6.11. The van der Waals surface area contributed by atoms with E-state index in [9.17, 15) is 0 Å². The van der Waals surface area contributed by atoms with Gasteiger partial charge in [0.1, 0.15) is 0 Å². The summed E-state index contributed by atoms with van der Waals surface area (Å²) in [6.07, 6.45) is 16.2. The number of aromatic amines is 1. The van der Waals surface area contributed by atoms with E-state index >= 15 is 0 Å². The third-order valence-corrected chi connectivity index (χ3v) is 5.29. The zero-order chi connectivity index (χ0) is 25.0. The summed E-state index contributed by atoms with van der Waals surface area (Å²) in [6.45, 7) is 24.2. The molecule has 3 aromatic rings. The SMILES string of the molecule is C=C/C=C\C(=C/C)c1cc(C)c2[nH]c3c(C)cc(/C(C=C)=C/C=C\C)cc3c2c1.CC.CC. The number of hydrogen-bond acceptors (Lipinski definition) is 0. The molecule has 0 bridgehead atoms. The highest BCUT2D eigenvalue weighted by atomic mass is 14.7. The van der Waals surface area contributed by atoms with Crippen LogP contribution in [0.1, 0.15) is 63.8 Å². The van der Waals surface area contributed by atoms with Crippen LogP contribution in [0.5, 0.6) is 0 Å². The van der Waals surface area contributed by atoms with Crippen LogP contribution < -0.4 is 0 Å². The third kappa shape index (κ3) is 6.35. The zero-order valence-electron chi connectivity index (χ0n) is 21.8. The van der Waals surface area contributed by atoms with Gasteiger partial charge in [0.15, 0.2) is 0 Å². The van der Waals surface area contributed by atoms with Gasteiger partial charge < -0.3 is 4.98 Å². The molecule has 1 heteroatoms. The van der Waals surface area contributed by atoms with E-state index in [1.807, 2.05) is 58.9 Å². The number of aryl methyl sites for hydroxylation is 2. The Kier molecular flexibility index (Phi) is 11.7. The molecule has 2 aromatic carbocycles. The molecule has 0 aliphatic heterocycles. The number of H-pyrrole nitrogens is 1. The van der Waals surface area contributed by atoms with Gasteiger partial charge in [-0.2, -0.15) is 0 Å². The van der Waals surface area contributed by atoms with E-state index in [0.717, 1.165) is 5.57 Å². The molecule has 0 saturated carbocycles. The van der Waals surface area contributed by atoms with Gasteiger partial charge in [-0.3, -0.25) is 0 Å². The molecule has 1 aromatic heterocycles. The van der Waals surface area contributed by atoms with Gasteiger partial charge in [-0.25, -0.2) is 0 Å². The number of fused-ring (bicyclic) bond motifs is 3. The lowest BCUT2D eigenvalue weighted by Crippen LogP contribution is -1.85. The molecule has 0 unspecified atom stereocenters. The monoisotopic (exact) mass is 439 g/mol. The van der Waals surface area contributed by atoms with E-state index < -0.39 is 0 Å². The summed E-state index contributed by atoms with van der Waals surface area (Å²) in [4.78, 5) is 3.66. The van der Waals surface area contributed by atoms with Crippen LogP contribution >= 0.6 is 0 Å². The van der Waals surface area contributed by atoms with Crippen molar-refractivity contribution in [2.45, 2.75) is 55.4 Å². The largest absolute Gasteiger partial charge is 0.354 e. The van der Waals surface area contributed by atoms with E-state index in [4.69, 9.17) is 0 Å². The quantitative estimate of drug-likeness (QED) is 0.368. The van der Waals surface area contributed by atoms with Crippen molar-refractivity contribution >= 4 is 33.0 Å². The molecule has 0 radical (unpaired) electrons. The van der Waals surface area contributed by atoms with Gasteiger partial charge in [-0.05, 0) is 85.4 Å². The second-order valence-corrected chi connectivity index (χ2v) is 7.25. The van der Waals surface area contributed by atoms with Gasteiger partial charge in [-0.15, -0.1) is 0 Å². The van der Waals surface area contributed by atoms with Crippen molar-refractivity contribution in [2.75, 3.05) is 0 Å². The van der Waals surface area contributed by atoms with Crippen molar-refractivity contribution in [3.8, 4) is 0 Å². The van der Waals surface area contributed by atoms with E-state index in [2.05, 4.69) is 87.5 Å². The van der Waals surface area contributed by atoms with Gasteiger partial charge in [0.05, 0.1) is 0 Å². The van der Waals surface area contributed by atoms with E-state index in [1.54, 1.807) is 0 Å². The van der Waals surface area contributed by atoms with Crippen LogP contribution in [0, 0.1) is 13.8 Å². The van der Waals surface area contributed by atoms with Crippen LogP contribution in [-0.2, 0) is 0 Å². The Labute approximate surface area is 201 Å². The lowest BCUT2D eigenvalue weighted by molar-refractivity contribution is 1.41. The van der Waals surface area contributed by atoms with Gasteiger partial charge in [-0.1, -0.05) is 89.5 Å². The number of hydrogen-bond donors (Lipinski definition) is 1. The summed E-state index contributed by atoms with van der Waals surface area (Å²) in [5, 5.41) is 2.50. The number of allylic oxidation sites excluding steroid dienone is 10. The fourth-order valence-corrected chi connectivity index (χ4v) is 3.80. The fourth-order valence-electron chi connectivity index (χ4n) is 3.80. The summed E-state index contributed by atoms with van der Waals surface area (Å²) in [5.41, 5.74) is 9.59. The molecule has 33 heavy (non-hydrogen) atoms. The minimum absolute atomic E-state index is 1.12. The maximum absolute atomic E-state index is 4.01. The van der Waals surface area contributed by atoms with Crippen LogP contribution in [0.4, 0.5) is 0 Å². The molecular weight excluding hydrogens is 398 g/mol. The zero-order valence-corrected chi connectivity index (χ0v) is 21.8. The standard InChI is InChI=1S/C28H29N.2C2H6/c1-7-11-13-21(9-3)23-15-19(5)27-25(17-23)26-18-24(16-20(6)28(26)29-27)22(10-4)14-12-8-2;2*1-2/h7-18,29H,1,4H2,2-3,5-6H3;2*1-2H3/b12-8-,13-11-,21-9+,22-14+;;. The topological polar surface area (TPSA) is 15.8 Å². The van der Waals surface area contributed by atoms with Crippen molar-refractivity contribution in [1.29, 1.82) is 0 Å². The van der Waals surface area contributed by atoms with Crippen LogP contribution in [-0.4, -0.2) is 4.98 Å². The molecule has 1 heterocycles. The number of benzene rings is 2. The molecule has 174 valence electrons. The Morgan fingerprint density at radius 2 is 1.27 bits per heavy atom. The Morgan fingerprint density at radius 3 is 1.70 bits per heavy atom. The van der Waals surface area contributed by atoms with Crippen LogP contribution in [0.2, 0.25) is 0 Å². The van der Waals surface area contributed by atoms with Crippen LogP contribution in [0.15, 0.2) is 86.0 Å². The van der Waals surface area contributed by atoms with Crippen molar-refractivity contribution < 1.29 is 0 Å². The highest BCUT2D eigenvalue weighted by Gasteiger charge is 2.13. The average molecular weight is 440 g/mol. The summed E-state index contributed by atoms with van der Waals surface area (Å²) in [5.74, 6) is 0. The number of aromatic nitrogens is 1. The van der Waals surface area contributed by atoms with Crippen LogP contribution in [0.25, 0.3) is 33.0 Å². The molecule has 0 fully saturated rings. The van der Waals surface area contributed by atoms with Crippen LogP contribution in [0.3, 0.4) is 0 Å². The molecule has 3 rings (SSSR count). The van der Waals surface area contributed by atoms with Gasteiger partial charge >= 0.3 is 0 Å². The van der Waals surface area contributed by atoms with Crippen molar-refractivity contribution in [3.63, 3.8) is 0 Å². The first-order chi connectivity index (χ1) is 16.0. The summed E-state index contributed by atoms with van der Waals surface area (Å²) < 4.78 is 0. The van der Waals surface area contributed by atoms with Gasteiger partial charge in [0.2, 0.25) is 0 Å². The Hall–Kier alpha value is -3.32. The predicted molar refractivity (Wildman–Crippen MR) is 154 cm³/mol. The summed E-state index contributed by atoms with van der Waals surface area (Å²) >= 11 is 0. The minimum atomic E-state index is 1.12. The van der Waals surface area contributed by atoms with E-state index in [-0.39, 0.29) is 0 Å². The lowest BCUT2D eigenvalue weighted by atomic mass is 9.96. The Balaban J connectivity index is 0.00000129. The maximum Gasteiger partial charge on any atom is 0.0495 e. The minimum Gasteiger partial charge on any atom is -0.354 e. The Morgan fingerprint density at radius 1 is 0.758 bits per heavy atom. The van der Waals surface area contributed by atoms with Crippen molar-refractivity contribution in [3.05, 3.63) is 108 Å². The third-order valence-electron chi connectivity index (χ3n) is 5.29. The first-order valence-electron chi connectivity index (χ1n) is 12.0. The van der Waals surface area contributed by atoms with Gasteiger partial charge in [0.25, 0.3) is 0 Å². The van der Waals surface area contributed by atoms with E-state index in [1.165, 1.54) is 49.6 Å².